The number of ketones is 1. The summed E-state index contributed by atoms with van der Waals surface area (Å²) < 4.78 is 5.41. The standard InChI is InChI=1S/C15H21NO2/c1-2-18-13-7-5-6-12(10-13)14(17)11-15(16)8-3-4-9-15/h5-7,10H,2-4,8-9,11,16H2,1H3. The summed E-state index contributed by atoms with van der Waals surface area (Å²) in [5, 5.41) is 0. The lowest BCUT2D eigenvalue weighted by Gasteiger charge is -2.22. The Labute approximate surface area is 108 Å². The van der Waals surface area contributed by atoms with Crippen LogP contribution in [0.3, 0.4) is 0 Å². The van der Waals surface area contributed by atoms with E-state index >= 15 is 0 Å². The molecular weight excluding hydrogens is 226 g/mol. The van der Waals surface area contributed by atoms with E-state index < -0.39 is 0 Å². The van der Waals surface area contributed by atoms with Gasteiger partial charge in [0.2, 0.25) is 0 Å². The van der Waals surface area contributed by atoms with Crippen LogP contribution in [-0.2, 0) is 0 Å². The van der Waals surface area contributed by atoms with Gasteiger partial charge in [0.15, 0.2) is 5.78 Å². The van der Waals surface area contributed by atoms with Gasteiger partial charge in [-0.3, -0.25) is 4.79 Å². The first-order valence-corrected chi connectivity index (χ1v) is 6.68. The fourth-order valence-corrected chi connectivity index (χ4v) is 2.60. The summed E-state index contributed by atoms with van der Waals surface area (Å²) in [6.45, 7) is 2.54. The minimum absolute atomic E-state index is 0.126. The molecule has 1 aliphatic carbocycles. The first-order chi connectivity index (χ1) is 8.63. The Kier molecular flexibility index (Phi) is 4.02. The van der Waals surface area contributed by atoms with Crippen molar-refractivity contribution in [3.8, 4) is 5.75 Å². The molecule has 0 saturated heterocycles. The van der Waals surface area contributed by atoms with Crippen molar-refractivity contribution in [2.45, 2.75) is 44.6 Å². The highest BCUT2D eigenvalue weighted by molar-refractivity contribution is 5.97. The van der Waals surface area contributed by atoms with Crippen molar-refractivity contribution >= 4 is 5.78 Å². The highest BCUT2D eigenvalue weighted by Gasteiger charge is 2.31. The lowest BCUT2D eigenvalue weighted by Crippen LogP contribution is -2.38. The summed E-state index contributed by atoms with van der Waals surface area (Å²) in [7, 11) is 0. The van der Waals surface area contributed by atoms with E-state index in [0.29, 0.717) is 18.6 Å². The number of carbonyl (C=O) groups excluding carboxylic acids is 1. The molecule has 0 bridgehead atoms. The summed E-state index contributed by atoms with van der Waals surface area (Å²) in [5.74, 6) is 0.877. The van der Waals surface area contributed by atoms with E-state index in [9.17, 15) is 4.79 Å². The van der Waals surface area contributed by atoms with E-state index in [4.69, 9.17) is 10.5 Å². The van der Waals surface area contributed by atoms with E-state index in [1.54, 1.807) is 0 Å². The monoisotopic (exact) mass is 247 g/mol. The third-order valence-electron chi connectivity index (χ3n) is 3.58. The van der Waals surface area contributed by atoms with Gasteiger partial charge in [-0.05, 0) is 31.9 Å². The van der Waals surface area contributed by atoms with E-state index in [0.717, 1.165) is 31.4 Å². The Morgan fingerprint density at radius 3 is 2.78 bits per heavy atom. The number of nitrogens with two attached hydrogens (primary N) is 1. The molecule has 98 valence electrons. The lowest BCUT2D eigenvalue weighted by atomic mass is 9.90. The molecule has 1 aromatic rings. The van der Waals surface area contributed by atoms with Gasteiger partial charge in [0.05, 0.1) is 6.61 Å². The van der Waals surface area contributed by atoms with Crippen LogP contribution < -0.4 is 10.5 Å². The number of hydrogen-bond acceptors (Lipinski definition) is 3. The minimum atomic E-state index is -0.279. The van der Waals surface area contributed by atoms with E-state index in [1.165, 1.54) is 0 Å². The zero-order chi connectivity index (χ0) is 13.0. The molecule has 3 heteroatoms. The Bertz CT molecular complexity index is 422. The van der Waals surface area contributed by atoms with Crippen LogP contribution in [0.25, 0.3) is 0 Å². The number of rotatable bonds is 5. The van der Waals surface area contributed by atoms with Crippen LogP contribution >= 0.6 is 0 Å². The van der Waals surface area contributed by atoms with Gasteiger partial charge in [0.25, 0.3) is 0 Å². The van der Waals surface area contributed by atoms with Crippen molar-refractivity contribution in [3.63, 3.8) is 0 Å². The quantitative estimate of drug-likeness (QED) is 0.814. The van der Waals surface area contributed by atoms with E-state index in [1.807, 2.05) is 31.2 Å². The largest absolute Gasteiger partial charge is 0.494 e. The maximum Gasteiger partial charge on any atom is 0.164 e. The zero-order valence-electron chi connectivity index (χ0n) is 10.9. The third-order valence-corrected chi connectivity index (χ3v) is 3.58. The maximum absolute atomic E-state index is 12.2. The molecule has 3 nitrogen and oxygen atoms in total. The highest BCUT2D eigenvalue weighted by atomic mass is 16.5. The third kappa shape index (κ3) is 3.10. The van der Waals surface area contributed by atoms with Gasteiger partial charge in [-0.25, -0.2) is 0 Å². The molecule has 1 aliphatic rings. The zero-order valence-corrected chi connectivity index (χ0v) is 10.9. The molecular formula is C15H21NO2. The molecule has 0 unspecified atom stereocenters. The predicted octanol–water partition coefficient (Wildman–Crippen LogP) is 2.93. The summed E-state index contributed by atoms with van der Waals surface area (Å²) in [5.41, 5.74) is 6.67. The number of Topliss-reactive ketones (excluding diaryl/α,β-unsaturated/α-hetero) is 1. The van der Waals surface area contributed by atoms with Crippen LogP contribution in [0.2, 0.25) is 0 Å². The molecule has 2 rings (SSSR count). The number of ether oxygens (including phenoxy) is 1. The van der Waals surface area contributed by atoms with Crippen LogP contribution in [0.15, 0.2) is 24.3 Å². The van der Waals surface area contributed by atoms with Gasteiger partial charge >= 0.3 is 0 Å². The van der Waals surface area contributed by atoms with Crippen molar-refractivity contribution < 1.29 is 9.53 Å². The topological polar surface area (TPSA) is 52.3 Å². The van der Waals surface area contributed by atoms with Crippen molar-refractivity contribution in [2.75, 3.05) is 6.61 Å². The number of benzene rings is 1. The van der Waals surface area contributed by atoms with Crippen molar-refractivity contribution in [3.05, 3.63) is 29.8 Å². The molecule has 2 N–H and O–H groups in total. The summed E-state index contributed by atoms with van der Waals surface area (Å²) in [6.07, 6.45) is 4.65. The van der Waals surface area contributed by atoms with Gasteiger partial charge in [-0.15, -0.1) is 0 Å². The van der Waals surface area contributed by atoms with Crippen molar-refractivity contribution in [2.24, 2.45) is 5.73 Å². The van der Waals surface area contributed by atoms with E-state index in [2.05, 4.69) is 0 Å². The normalized spacial score (nSPS) is 17.7. The highest BCUT2D eigenvalue weighted by Crippen LogP contribution is 2.31. The predicted molar refractivity (Wildman–Crippen MR) is 71.9 cm³/mol. The average molecular weight is 247 g/mol. The maximum atomic E-state index is 12.2. The molecule has 0 heterocycles. The number of hydrogen-bond donors (Lipinski definition) is 1. The number of carbonyl (C=O) groups is 1. The molecule has 1 fully saturated rings. The molecule has 0 aliphatic heterocycles. The lowest BCUT2D eigenvalue weighted by molar-refractivity contribution is 0.0952. The molecule has 0 spiro atoms. The van der Waals surface area contributed by atoms with Crippen LogP contribution in [0.5, 0.6) is 5.75 Å². The molecule has 1 aromatic carbocycles. The van der Waals surface area contributed by atoms with Gasteiger partial charge in [0, 0.05) is 17.5 Å². The Morgan fingerprint density at radius 2 is 2.11 bits per heavy atom. The second kappa shape index (κ2) is 5.53. The first-order valence-electron chi connectivity index (χ1n) is 6.68. The Morgan fingerprint density at radius 1 is 1.39 bits per heavy atom. The smallest absolute Gasteiger partial charge is 0.164 e. The summed E-state index contributed by atoms with van der Waals surface area (Å²) in [6, 6.07) is 7.37. The van der Waals surface area contributed by atoms with Crippen molar-refractivity contribution in [1.82, 2.24) is 0 Å². The second-order valence-corrected chi connectivity index (χ2v) is 5.13. The van der Waals surface area contributed by atoms with Crippen LogP contribution in [0.4, 0.5) is 0 Å². The minimum Gasteiger partial charge on any atom is -0.494 e. The van der Waals surface area contributed by atoms with Crippen molar-refractivity contribution in [1.29, 1.82) is 0 Å². The summed E-state index contributed by atoms with van der Waals surface area (Å²) in [4.78, 5) is 12.2. The van der Waals surface area contributed by atoms with Crippen LogP contribution in [0.1, 0.15) is 49.4 Å². The van der Waals surface area contributed by atoms with E-state index in [-0.39, 0.29) is 11.3 Å². The summed E-state index contributed by atoms with van der Waals surface area (Å²) >= 11 is 0. The molecule has 0 radical (unpaired) electrons. The van der Waals surface area contributed by atoms with Gasteiger partial charge in [0.1, 0.15) is 5.75 Å². The second-order valence-electron chi connectivity index (χ2n) is 5.13. The average Bonchev–Trinajstić information content (AvgIpc) is 2.76. The SMILES string of the molecule is CCOc1cccc(C(=O)CC2(N)CCCC2)c1. The molecule has 1 saturated carbocycles. The first kappa shape index (κ1) is 13.1. The van der Waals surface area contributed by atoms with Gasteiger partial charge in [-0.1, -0.05) is 25.0 Å². The molecule has 0 amide bonds. The fourth-order valence-electron chi connectivity index (χ4n) is 2.60. The van der Waals surface area contributed by atoms with Gasteiger partial charge < -0.3 is 10.5 Å². The Hall–Kier alpha value is -1.35. The van der Waals surface area contributed by atoms with Gasteiger partial charge in [-0.2, -0.15) is 0 Å². The molecule has 18 heavy (non-hydrogen) atoms. The Balaban J connectivity index is 2.06. The molecule has 0 aromatic heterocycles. The fraction of sp³-hybridized carbons (Fsp3) is 0.533. The van der Waals surface area contributed by atoms with Crippen LogP contribution in [0, 0.1) is 0 Å². The molecule has 0 atom stereocenters. The van der Waals surface area contributed by atoms with Crippen LogP contribution in [-0.4, -0.2) is 17.9 Å².